The Morgan fingerprint density at radius 3 is 2.32 bits per heavy atom. The van der Waals surface area contributed by atoms with Crippen LogP contribution in [0, 0.1) is 0 Å². The fourth-order valence-electron chi connectivity index (χ4n) is 2.19. The molecule has 0 aromatic heterocycles. The lowest BCUT2D eigenvalue weighted by atomic mass is 10.1. The van der Waals surface area contributed by atoms with Crippen molar-refractivity contribution in [2.24, 2.45) is 0 Å². The predicted molar refractivity (Wildman–Crippen MR) is 92.1 cm³/mol. The number of amides is 1. The summed E-state index contributed by atoms with van der Waals surface area (Å²) in [5.74, 6) is 0. The molecule has 0 saturated carbocycles. The molecule has 0 saturated heterocycles. The molecule has 124 valence electrons. The smallest absolute Gasteiger partial charge is 0.412 e. The van der Waals surface area contributed by atoms with Crippen molar-refractivity contribution in [1.29, 1.82) is 0 Å². The van der Waals surface area contributed by atoms with Gasteiger partial charge in [0, 0.05) is 18.3 Å². The number of ether oxygens (including phenoxy) is 1. The Hall–Kier alpha value is -1.55. The molecule has 1 aromatic rings. The molecule has 0 heterocycles. The molecule has 0 aliphatic carbocycles. The number of rotatable bonds is 7. The summed E-state index contributed by atoms with van der Waals surface area (Å²) in [7, 11) is 0. The van der Waals surface area contributed by atoms with Crippen LogP contribution in [0.1, 0.15) is 59.4 Å². The third kappa shape index (κ3) is 7.46. The van der Waals surface area contributed by atoms with Crippen molar-refractivity contribution in [1.82, 2.24) is 5.32 Å². The van der Waals surface area contributed by atoms with Crippen LogP contribution in [-0.2, 0) is 11.3 Å². The quantitative estimate of drug-likeness (QED) is 0.767. The molecule has 0 bridgehead atoms. The van der Waals surface area contributed by atoms with Crippen LogP contribution in [0.2, 0.25) is 0 Å². The topological polar surface area (TPSA) is 50.4 Å². The average molecular weight is 306 g/mol. The van der Waals surface area contributed by atoms with Crippen molar-refractivity contribution in [3.05, 3.63) is 29.8 Å². The maximum Gasteiger partial charge on any atom is 0.412 e. The molecule has 1 unspecified atom stereocenters. The van der Waals surface area contributed by atoms with Gasteiger partial charge in [-0.15, -0.1) is 0 Å². The first-order chi connectivity index (χ1) is 10.3. The molecule has 0 aliphatic rings. The second kappa shape index (κ2) is 8.79. The lowest BCUT2D eigenvalue weighted by Crippen LogP contribution is -2.28. The van der Waals surface area contributed by atoms with Gasteiger partial charge in [0.25, 0.3) is 0 Å². The highest BCUT2D eigenvalue weighted by Crippen LogP contribution is 2.13. The van der Waals surface area contributed by atoms with E-state index < -0.39 is 11.7 Å². The van der Waals surface area contributed by atoms with Crippen LogP contribution in [0.3, 0.4) is 0 Å². The summed E-state index contributed by atoms with van der Waals surface area (Å²) in [5.41, 5.74) is 1.48. The van der Waals surface area contributed by atoms with E-state index in [1.54, 1.807) is 0 Å². The van der Waals surface area contributed by atoms with E-state index in [1.807, 2.05) is 45.0 Å². The number of nitrogens with one attached hydrogen (secondary N) is 2. The van der Waals surface area contributed by atoms with E-state index in [1.165, 1.54) is 18.4 Å². The summed E-state index contributed by atoms with van der Waals surface area (Å²) in [5, 5.41) is 6.31. The van der Waals surface area contributed by atoms with Crippen LogP contribution < -0.4 is 10.6 Å². The fourth-order valence-corrected chi connectivity index (χ4v) is 2.19. The van der Waals surface area contributed by atoms with E-state index in [9.17, 15) is 4.79 Å². The van der Waals surface area contributed by atoms with Crippen molar-refractivity contribution in [3.8, 4) is 0 Å². The second-order valence-corrected chi connectivity index (χ2v) is 6.60. The van der Waals surface area contributed by atoms with Gasteiger partial charge in [0.15, 0.2) is 0 Å². The van der Waals surface area contributed by atoms with Crippen molar-refractivity contribution in [3.63, 3.8) is 0 Å². The number of hydrogen-bond donors (Lipinski definition) is 2. The minimum Gasteiger partial charge on any atom is -0.444 e. The first-order valence-electron chi connectivity index (χ1n) is 8.16. The molecule has 22 heavy (non-hydrogen) atoms. The van der Waals surface area contributed by atoms with E-state index in [0.29, 0.717) is 6.04 Å². The second-order valence-electron chi connectivity index (χ2n) is 6.60. The summed E-state index contributed by atoms with van der Waals surface area (Å²) in [4.78, 5) is 11.7. The Kier molecular flexibility index (Phi) is 7.39. The SMILES string of the molecule is CCCC(CC)NCc1ccc(NC(=O)OC(C)(C)C)cc1. The molecule has 1 rings (SSSR count). The van der Waals surface area contributed by atoms with E-state index in [-0.39, 0.29) is 0 Å². The van der Waals surface area contributed by atoms with Crippen LogP contribution in [0.5, 0.6) is 0 Å². The fraction of sp³-hybridized carbons (Fsp3) is 0.611. The minimum atomic E-state index is -0.484. The first kappa shape index (κ1) is 18.5. The zero-order valence-electron chi connectivity index (χ0n) is 14.5. The van der Waals surface area contributed by atoms with Crippen LogP contribution >= 0.6 is 0 Å². The molecule has 0 radical (unpaired) electrons. The van der Waals surface area contributed by atoms with Gasteiger partial charge < -0.3 is 10.1 Å². The summed E-state index contributed by atoms with van der Waals surface area (Å²) in [6.45, 7) is 10.8. The summed E-state index contributed by atoms with van der Waals surface area (Å²) in [6, 6.07) is 8.43. The lowest BCUT2D eigenvalue weighted by Gasteiger charge is -2.19. The molecular weight excluding hydrogens is 276 g/mol. The monoisotopic (exact) mass is 306 g/mol. The number of benzene rings is 1. The molecule has 2 N–H and O–H groups in total. The van der Waals surface area contributed by atoms with E-state index in [2.05, 4.69) is 24.5 Å². The molecule has 4 nitrogen and oxygen atoms in total. The Labute approximate surface area is 134 Å². The zero-order chi connectivity index (χ0) is 16.6. The minimum absolute atomic E-state index is 0.424. The van der Waals surface area contributed by atoms with Crippen LogP contribution in [-0.4, -0.2) is 17.7 Å². The maximum atomic E-state index is 11.7. The highest BCUT2D eigenvalue weighted by molar-refractivity contribution is 5.84. The van der Waals surface area contributed by atoms with Gasteiger partial charge in [0.1, 0.15) is 5.60 Å². The molecule has 0 aliphatic heterocycles. The van der Waals surface area contributed by atoms with Crippen molar-refractivity contribution >= 4 is 11.8 Å². The number of carbonyl (C=O) groups is 1. The van der Waals surface area contributed by atoms with Crippen LogP contribution in [0.4, 0.5) is 10.5 Å². The molecule has 1 atom stereocenters. The standard InChI is InChI=1S/C18H30N2O2/c1-6-8-15(7-2)19-13-14-9-11-16(12-10-14)20-17(21)22-18(3,4)5/h9-12,15,19H,6-8,13H2,1-5H3,(H,20,21). The molecular formula is C18H30N2O2. The van der Waals surface area contributed by atoms with E-state index >= 15 is 0 Å². The molecule has 0 fully saturated rings. The van der Waals surface area contributed by atoms with Gasteiger partial charge >= 0.3 is 6.09 Å². The summed E-state index contributed by atoms with van der Waals surface area (Å²) in [6.07, 6.45) is 3.12. The van der Waals surface area contributed by atoms with Gasteiger partial charge in [-0.2, -0.15) is 0 Å². The molecule has 1 aromatic carbocycles. The average Bonchev–Trinajstić information content (AvgIpc) is 2.43. The van der Waals surface area contributed by atoms with Crippen molar-refractivity contribution in [2.75, 3.05) is 5.32 Å². The predicted octanol–water partition coefficient (Wildman–Crippen LogP) is 4.70. The number of anilines is 1. The Balaban J connectivity index is 2.47. The molecule has 1 amide bonds. The zero-order valence-corrected chi connectivity index (χ0v) is 14.5. The van der Waals surface area contributed by atoms with Crippen LogP contribution in [0.25, 0.3) is 0 Å². The Morgan fingerprint density at radius 1 is 1.18 bits per heavy atom. The van der Waals surface area contributed by atoms with Crippen molar-refractivity contribution < 1.29 is 9.53 Å². The normalized spacial score (nSPS) is 12.8. The maximum absolute atomic E-state index is 11.7. The van der Waals surface area contributed by atoms with Crippen molar-refractivity contribution in [2.45, 2.75) is 72.1 Å². The van der Waals surface area contributed by atoms with Gasteiger partial charge in [-0.05, 0) is 51.3 Å². The molecule has 4 heteroatoms. The number of hydrogen-bond acceptors (Lipinski definition) is 3. The van der Waals surface area contributed by atoms with Crippen LogP contribution in [0.15, 0.2) is 24.3 Å². The molecule has 0 spiro atoms. The Bertz CT molecular complexity index is 449. The van der Waals surface area contributed by atoms with Gasteiger partial charge in [0.2, 0.25) is 0 Å². The highest BCUT2D eigenvalue weighted by atomic mass is 16.6. The highest BCUT2D eigenvalue weighted by Gasteiger charge is 2.16. The van der Waals surface area contributed by atoms with Gasteiger partial charge in [-0.25, -0.2) is 4.79 Å². The summed E-state index contributed by atoms with van der Waals surface area (Å²) >= 11 is 0. The number of carbonyl (C=O) groups excluding carboxylic acids is 1. The largest absolute Gasteiger partial charge is 0.444 e. The Morgan fingerprint density at radius 2 is 1.82 bits per heavy atom. The van der Waals surface area contributed by atoms with E-state index in [4.69, 9.17) is 4.74 Å². The lowest BCUT2D eigenvalue weighted by molar-refractivity contribution is 0.0636. The van der Waals surface area contributed by atoms with E-state index in [0.717, 1.165) is 18.7 Å². The van der Waals surface area contributed by atoms with Gasteiger partial charge in [-0.3, -0.25) is 5.32 Å². The summed E-state index contributed by atoms with van der Waals surface area (Å²) < 4.78 is 5.23. The van der Waals surface area contributed by atoms with Gasteiger partial charge in [-0.1, -0.05) is 32.4 Å². The third-order valence-electron chi connectivity index (χ3n) is 3.32. The first-order valence-corrected chi connectivity index (χ1v) is 8.16. The third-order valence-corrected chi connectivity index (χ3v) is 3.32. The van der Waals surface area contributed by atoms with Gasteiger partial charge in [0.05, 0.1) is 0 Å².